The zero-order valence-corrected chi connectivity index (χ0v) is 15.1. The van der Waals surface area contributed by atoms with Crippen LogP contribution in [0.1, 0.15) is 5.56 Å². The van der Waals surface area contributed by atoms with Crippen molar-refractivity contribution in [3.05, 3.63) is 57.9 Å². The number of aromatic nitrogens is 1. The molecule has 25 heavy (non-hydrogen) atoms. The Morgan fingerprint density at radius 2 is 2.08 bits per heavy atom. The smallest absolute Gasteiger partial charge is 0.286 e. The molecule has 0 N–H and O–H groups in total. The summed E-state index contributed by atoms with van der Waals surface area (Å²) in [6.07, 6.45) is 5.48. The van der Waals surface area contributed by atoms with Gasteiger partial charge in [0.2, 0.25) is 0 Å². The molecule has 2 aromatic carbocycles. The highest BCUT2D eigenvalue weighted by Crippen LogP contribution is 2.27. The lowest BCUT2D eigenvalue weighted by Crippen LogP contribution is -2.19. The normalized spacial score (nSPS) is 11.5. The second-order valence-electron chi connectivity index (χ2n) is 5.30. The number of rotatable bonds is 4. The molecule has 0 aliphatic rings. The first-order valence-corrected chi connectivity index (χ1v) is 8.77. The number of hydrogen-bond acceptors (Lipinski definition) is 3. The third-order valence-corrected chi connectivity index (χ3v) is 5.06. The van der Waals surface area contributed by atoms with Crippen molar-refractivity contribution in [1.82, 2.24) is 4.57 Å². The minimum absolute atomic E-state index is 0.131. The lowest BCUT2D eigenvalue weighted by Gasteiger charge is -2.05. The van der Waals surface area contributed by atoms with Crippen molar-refractivity contribution in [3.8, 4) is 18.1 Å². The Bertz CT molecular complexity index is 1030. The number of ether oxygens (including phenoxy) is 1. The Morgan fingerprint density at radius 1 is 1.32 bits per heavy atom. The lowest BCUT2D eigenvalue weighted by molar-refractivity contribution is -0.120. The lowest BCUT2D eigenvalue weighted by atomic mass is 10.2. The van der Waals surface area contributed by atoms with Gasteiger partial charge in [-0.25, -0.2) is 0 Å². The van der Waals surface area contributed by atoms with Crippen LogP contribution in [0.4, 0.5) is 0 Å². The van der Waals surface area contributed by atoms with E-state index in [1.807, 2.05) is 41.8 Å². The van der Waals surface area contributed by atoms with E-state index in [1.165, 1.54) is 11.3 Å². The largest absolute Gasteiger partial charge is 0.484 e. The number of fused-ring (bicyclic) bond motifs is 1. The van der Waals surface area contributed by atoms with Crippen LogP contribution < -0.4 is 9.54 Å². The predicted molar refractivity (Wildman–Crippen MR) is 101 cm³/mol. The Hall–Kier alpha value is -2.55. The van der Waals surface area contributed by atoms with E-state index < -0.39 is 0 Å². The Balaban J connectivity index is 1.95. The van der Waals surface area contributed by atoms with Gasteiger partial charge in [-0.1, -0.05) is 47.1 Å². The molecule has 3 rings (SSSR count). The highest BCUT2D eigenvalue weighted by Gasteiger charge is 2.12. The van der Waals surface area contributed by atoms with E-state index in [4.69, 9.17) is 22.8 Å². The molecule has 4 nitrogen and oxygen atoms in total. The molecule has 0 radical (unpaired) electrons. The van der Waals surface area contributed by atoms with Crippen LogP contribution >= 0.6 is 22.9 Å². The standard InChI is InChI=1S/C19H15ClN2O2S/c1-3-11-22-18-13(2)15(20)9-10-16(18)25-19(22)21-17(23)12-24-14-7-5-4-6-8-14/h1,4-10H,11-12H2,2H3. The van der Waals surface area contributed by atoms with Gasteiger partial charge in [-0.3, -0.25) is 4.79 Å². The van der Waals surface area contributed by atoms with Crippen molar-refractivity contribution in [3.63, 3.8) is 0 Å². The molecule has 6 heteroatoms. The van der Waals surface area contributed by atoms with Crippen LogP contribution in [0, 0.1) is 19.3 Å². The molecule has 3 aromatic rings. The topological polar surface area (TPSA) is 43.6 Å². The number of para-hydroxylation sites is 1. The molecule has 0 atom stereocenters. The van der Waals surface area contributed by atoms with Gasteiger partial charge >= 0.3 is 0 Å². The molecule has 0 bridgehead atoms. The SMILES string of the molecule is C#CCn1c(=NC(=O)COc2ccccc2)sc2ccc(Cl)c(C)c21. The Kier molecular flexibility index (Phi) is 5.22. The van der Waals surface area contributed by atoms with Crippen molar-refractivity contribution >= 4 is 39.1 Å². The summed E-state index contributed by atoms with van der Waals surface area (Å²) < 4.78 is 8.26. The number of thiazole rings is 1. The summed E-state index contributed by atoms with van der Waals surface area (Å²) in [5, 5.41) is 0.654. The van der Waals surface area contributed by atoms with Crippen LogP contribution in [0.25, 0.3) is 10.2 Å². The molecule has 0 unspecified atom stereocenters. The van der Waals surface area contributed by atoms with Gasteiger partial charge in [0.05, 0.1) is 16.8 Å². The molecule has 1 amide bonds. The van der Waals surface area contributed by atoms with Gasteiger partial charge in [-0.15, -0.1) is 6.42 Å². The summed E-state index contributed by atoms with van der Waals surface area (Å²) in [6.45, 7) is 2.11. The van der Waals surface area contributed by atoms with E-state index in [2.05, 4.69) is 10.9 Å². The van der Waals surface area contributed by atoms with Gasteiger partial charge in [0.25, 0.3) is 5.91 Å². The summed E-state index contributed by atoms with van der Waals surface area (Å²) in [5.41, 5.74) is 1.83. The van der Waals surface area contributed by atoms with Crippen LogP contribution in [0.15, 0.2) is 47.5 Å². The molecule has 1 aromatic heterocycles. The van der Waals surface area contributed by atoms with Gasteiger partial charge in [0, 0.05) is 5.02 Å². The molecule has 0 aliphatic carbocycles. The second kappa shape index (κ2) is 7.56. The summed E-state index contributed by atoms with van der Waals surface area (Å²) >= 11 is 7.62. The van der Waals surface area contributed by atoms with E-state index in [1.54, 1.807) is 12.1 Å². The first kappa shape index (κ1) is 17.3. The first-order chi connectivity index (χ1) is 12.1. The molecule has 0 saturated heterocycles. The van der Waals surface area contributed by atoms with Crippen LogP contribution in [-0.4, -0.2) is 17.1 Å². The van der Waals surface area contributed by atoms with E-state index in [-0.39, 0.29) is 12.5 Å². The van der Waals surface area contributed by atoms with Crippen LogP contribution in [0.3, 0.4) is 0 Å². The maximum Gasteiger partial charge on any atom is 0.286 e. The molecule has 0 fully saturated rings. The number of carbonyl (C=O) groups excluding carboxylic acids is 1. The predicted octanol–water partition coefficient (Wildman–Crippen LogP) is 3.80. The summed E-state index contributed by atoms with van der Waals surface area (Å²) in [4.78, 5) is 16.9. The number of halogens is 1. The summed E-state index contributed by atoms with van der Waals surface area (Å²) in [6, 6.07) is 12.9. The van der Waals surface area contributed by atoms with Crippen molar-refractivity contribution < 1.29 is 9.53 Å². The quantitative estimate of drug-likeness (QED) is 0.655. The fraction of sp³-hybridized carbons (Fsp3) is 0.158. The Morgan fingerprint density at radius 3 is 2.80 bits per heavy atom. The average Bonchev–Trinajstić information content (AvgIpc) is 2.96. The van der Waals surface area contributed by atoms with Gasteiger partial charge < -0.3 is 9.30 Å². The third-order valence-electron chi connectivity index (χ3n) is 3.61. The number of amides is 1. The molecule has 0 spiro atoms. The summed E-state index contributed by atoms with van der Waals surface area (Å²) in [5.74, 6) is 2.86. The van der Waals surface area contributed by atoms with E-state index >= 15 is 0 Å². The molecule has 0 saturated carbocycles. The van der Waals surface area contributed by atoms with E-state index in [0.29, 0.717) is 22.1 Å². The van der Waals surface area contributed by atoms with E-state index in [0.717, 1.165) is 15.8 Å². The number of aryl methyl sites for hydroxylation is 1. The zero-order chi connectivity index (χ0) is 17.8. The molecular formula is C19H15ClN2O2S. The molecule has 1 heterocycles. The number of hydrogen-bond donors (Lipinski definition) is 0. The van der Waals surface area contributed by atoms with Crippen molar-refractivity contribution in [2.45, 2.75) is 13.5 Å². The van der Waals surface area contributed by atoms with Crippen molar-refractivity contribution in [1.29, 1.82) is 0 Å². The average molecular weight is 371 g/mol. The maximum absolute atomic E-state index is 12.2. The van der Waals surface area contributed by atoms with Gasteiger partial charge in [0.1, 0.15) is 5.75 Å². The second-order valence-corrected chi connectivity index (χ2v) is 6.72. The minimum atomic E-state index is -0.370. The summed E-state index contributed by atoms with van der Waals surface area (Å²) in [7, 11) is 0. The van der Waals surface area contributed by atoms with Crippen LogP contribution in [-0.2, 0) is 11.3 Å². The van der Waals surface area contributed by atoms with Gasteiger partial charge in [-0.2, -0.15) is 4.99 Å². The van der Waals surface area contributed by atoms with E-state index in [9.17, 15) is 4.79 Å². The third kappa shape index (κ3) is 3.76. The monoisotopic (exact) mass is 370 g/mol. The van der Waals surface area contributed by atoms with Crippen LogP contribution in [0.2, 0.25) is 5.02 Å². The number of benzene rings is 2. The fourth-order valence-electron chi connectivity index (χ4n) is 2.44. The highest BCUT2D eigenvalue weighted by molar-refractivity contribution is 7.16. The molecular weight excluding hydrogens is 356 g/mol. The molecule has 0 aliphatic heterocycles. The van der Waals surface area contributed by atoms with Crippen molar-refractivity contribution in [2.75, 3.05) is 6.61 Å². The van der Waals surface area contributed by atoms with Gasteiger partial charge in [0.15, 0.2) is 11.4 Å². The van der Waals surface area contributed by atoms with Crippen molar-refractivity contribution in [2.24, 2.45) is 4.99 Å². The first-order valence-electron chi connectivity index (χ1n) is 7.57. The minimum Gasteiger partial charge on any atom is -0.484 e. The molecule has 126 valence electrons. The maximum atomic E-state index is 12.2. The number of nitrogens with zero attached hydrogens (tertiary/aromatic N) is 2. The number of carbonyl (C=O) groups is 1. The van der Waals surface area contributed by atoms with Crippen LogP contribution in [0.5, 0.6) is 5.75 Å². The number of terminal acetylenes is 1. The zero-order valence-electron chi connectivity index (χ0n) is 13.5. The fourth-order valence-corrected chi connectivity index (χ4v) is 3.70. The highest BCUT2D eigenvalue weighted by atomic mass is 35.5. The Labute approximate surface area is 154 Å². The van der Waals surface area contributed by atoms with Gasteiger partial charge in [-0.05, 0) is 36.8 Å².